The molecule has 1 rings (SSSR count). The molecule has 0 saturated heterocycles. The maximum absolute atomic E-state index is 10.2. The van der Waals surface area contributed by atoms with Gasteiger partial charge in [0, 0.05) is 0 Å². The largest absolute Gasteiger partial charge is 0.481 e. The fourth-order valence-electron chi connectivity index (χ4n) is 0.902. The first-order valence-corrected chi connectivity index (χ1v) is 3.33. The zero-order valence-electron chi connectivity index (χ0n) is 6.24. The topological polar surface area (TPSA) is 37.3 Å². The van der Waals surface area contributed by atoms with Crippen molar-refractivity contribution in [2.75, 3.05) is 0 Å². The Hall–Kier alpha value is -1.31. The fourth-order valence-corrected chi connectivity index (χ4v) is 0.902. The van der Waals surface area contributed by atoms with Gasteiger partial charge in [-0.25, -0.2) is 0 Å². The lowest BCUT2D eigenvalue weighted by atomic mass is 10.1. The molecule has 1 aromatic rings. The summed E-state index contributed by atoms with van der Waals surface area (Å²) >= 11 is 0. The number of benzene rings is 1. The van der Waals surface area contributed by atoms with Gasteiger partial charge < -0.3 is 5.11 Å². The number of carboxylic acid groups (broad SMARTS) is 1. The van der Waals surface area contributed by atoms with Crippen molar-refractivity contribution in [2.24, 2.45) is 0 Å². The molecule has 0 fully saturated rings. The van der Waals surface area contributed by atoms with Gasteiger partial charge in [-0.2, -0.15) is 0 Å². The molecule has 2 heteroatoms. The van der Waals surface area contributed by atoms with Crippen molar-refractivity contribution in [1.82, 2.24) is 0 Å². The average molecular weight is 149 g/mol. The van der Waals surface area contributed by atoms with Gasteiger partial charge in [-0.1, -0.05) is 29.8 Å². The van der Waals surface area contributed by atoms with Gasteiger partial charge in [-0.15, -0.1) is 0 Å². The highest BCUT2D eigenvalue weighted by Gasteiger charge is 1.99. The fraction of sp³-hybridized carbons (Fsp3) is 0.111. The molecule has 0 amide bonds. The number of rotatable bonds is 2. The third kappa shape index (κ3) is 2.42. The van der Waals surface area contributed by atoms with Crippen molar-refractivity contribution >= 4 is 5.97 Å². The Bertz CT molecular complexity index is 266. The van der Waals surface area contributed by atoms with Crippen LogP contribution in [0.1, 0.15) is 11.1 Å². The molecular formula is C9H9O2. The third-order valence-corrected chi connectivity index (χ3v) is 1.33. The van der Waals surface area contributed by atoms with Crippen molar-refractivity contribution in [2.45, 2.75) is 6.92 Å². The van der Waals surface area contributed by atoms with E-state index in [0.717, 1.165) is 11.1 Å². The number of aryl methyl sites for hydroxylation is 1. The summed E-state index contributed by atoms with van der Waals surface area (Å²) in [7, 11) is 0. The van der Waals surface area contributed by atoms with Crippen LogP contribution in [0.4, 0.5) is 0 Å². The zero-order chi connectivity index (χ0) is 8.27. The van der Waals surface area contributed by atoms with Crippen LogP contribution in [-0.2, 0) is 4.79 Å². The minimum atomic E-state index is -0.907. The van der Waals surface area contributed by atoms with Crippen LogP contribution in [0.15, 0.2) is 24.3 Å². The number of carbonyl (C=O) groups is 1. The summed E-state index contributed by atoms with van der Waals surface area (Å²) in [6.07, 6.45) is 1.19. The van der Waals surface area contributed by atoms with Crippen LogP contribution in [0.25, 0.3) is 0 Å². The predicted octanol–water partition coefficient (Wildman–Crippen LogP) is 1.63. The standard InChI is InChI=1S/C9H9O2/c1-7-3-2-4-8(5-7)6-9(10)11/h2-6H,1H3,(H,10,11). The monoisotopic (exact) mass is 149 g/mol. The summed E-state index contributed by atoms with van der Waals surface area (Å²) in [5, 5.41) is 8.40. The second-order valence-corrected chi connectivity index (χ2v) is 2.40. The van der Waals surface area contributed by atoms with E-state index in [1.807, 2.05) is 25.1 Å². The maximum atomic E-state index is 10.2. The van der Waals surface area contributed by atoms with Gasteiger partial charge in [0.1, 0.15) is 0 Å². The molecule has 0 aliphatic rings. The first kappa shape index (κ1) is 7.79. The minimum Gasteiger partial charge on any atom is -0.481 e. The van der Waals surface area contributed by atoms with Crippen LogP contribution in [0.2, 0.25) is 0 Å². The molecule has 1 aromatic carbocycles. The number of carboxylic acids is 1. The Kier molecular flexibility index (Phi) is 2.26. The van der Waals surface area contributed by atoms with Crippen LogP contribution in [-0.4, -0.2) is 11.1 Å². The van der Waals surface area contributed by atoms with Gasteiger partial charge in [-0.3, -0.25) is 4.79 Å². The number of hydrogen-bond acceptors (Lipinski definition) is 1. The second kappa shape index (κ2) is 3.19. The summed E-state index contributed by atoms with van der Waals surface area (Å²) in [6, 6.07) is 7.36. The van der Waals surface area contributed by atoms with E-state index in [-0.39, 0.29) is 0 Å². The number of hydrogen-bond donors (Lipinski definition) is 1. The lowest BCUT2D eigenvalue weighted by Crippen LogP contribution is -1.96. The SMILES string of the molecule is Cc1cccc([CH]C(=O)O)c1. The molecule has 0 unspecified atom stereocenters. The van der Waals surface area contributed by atoms with E-state index in [2.05, 4.69) is 0 Å². The van der Waals surface area contributed by atoms with Crippen LogP contribution in [0.3, 0.4) is 0 Å². The number of aliphatic carboxylic acids is 1. The molecule has 0 aliphatic heterocycles. The van der Waals surface area contributed by atoms with Gasteiger partial charge in [0.25, 0.3) is 0 Å². The van der Waals surface area contributed by atoms with E-state index in [9.17, 15) is 4.79 Å². The maximum Gasteiger partial charge on any atom is 0.312 e. The van der Waals surface area contributed by atoms with Crippen molar-refractivity contribution in [3.63, 3.8) is 0 Å². The van der Waals surface area contributed by atoms with E-state index in [1.165, 1.54) is 6.42 Å². The summed E-state index contributed by atoms with van der Waals surface area (Å²) < 4.78 is 0. The van der Waals surface area contributed by atoms with Crippen LogP contribution < -0.4 is 0 Å². The molecule has 57 valence electrons. The second-order valence-electron chi connectivity index (χ2n) is 2.40. The van der Waals surface area contributed by atoms with Crippen LogP contribution in [0, 0.1) is 13.3 Å². The molecule has 0 bridgehead atoms. The summed E-state index contributed by atoms with van der Waals surface area (Å²) in [6.45, 7) is 1.93. The molecule has 0 saturated carbocycles. The highest BCUT2D eigenvalue weighted by Crippen LogP contribution is 2.05. The van der Waals surface area contributed by atoms with Gasteiger partial charge in [0.05, 0.1) is 6.42 Å². The van der Waals surface area contributed by atoms with Crippen molar-refractivity contribution in [3.05, 3.63) is 41.8 Å². The van der Waals surface area contributed by atoms with Gasteiger partial charge in [0.15, 0.2) is 0 Å². The predicted molar refractivity (Wildman–Crippen MR) is 42.2 cm³/mol. The minimum absolute atomic E-state index is 0.734. The van der Waals surface area contributed by atoms with Gasteiger partial charge in [-0.05, 0) is 12.5 Å². The van der Waals surface area contributed by atoms with E-state index >= 15 is 0 Å². The molecule has 0 atom stereocenters. The first-order chi connectivity index (χ1) is 5.18. The highest BCUT2D eigenvalue weighted by molar-refractivity contribution is 5.81. The molecule has 2 nitrogen and oxygen atoms in total. The van der Waals surface area contributed by atoms with Crippen molar-refractivity contribution in [3.8, 4) is 0 Å². The lowest BCUT2D eigenvalue weighted by Gasteiger charge is -1.96. The van der Waals surface area contributed by atoms with Crippen LogP contribution in [0.5, 0.6) is 0 Å². The lowest BCUT2D eigenvalue weighted by molar-refractivity contribution is -0.132. The van der Waals surface area contributed by atoms with E-state index < -0.39 is 5.97 Å². The van der Waals surface area contributed by atoms with Crippen molar-refractivity contribution in [1.29, 1.82) is 0 Å². The normalized spacial score (nSPS) is 9.55. The molecule has 1 N–H and O–H groups in total. The van der Waals surface area contributed by atoms with Gasteiger partial charge >= 0.3 is 5.97 Å². The van der Waals surface area contributed by atoms with E-state index in [1.54, 1.807) is 6.07 Å². The summed E-state index contributed by atoms with van der Waals surface area (Å²) in [5.74, 6) is -0.907. The molecular weight excluding hydrogens is 140 g/mol. The smallest absolute Gasteiger partial charge is 0.312 e. The first-order valence-electron chi connectivity index (χ1n) is 3.33. The summed E-state index contributed by atoms with van der Waals surface area (Å²) in [5.41, 5.74) is 1.80. The van der Waals surface area contributed by atoms with Crippen LogP contribution >= 0.6 is 0 Å². The molecule has 0 spiro atoms. The van der Waals surface area contributed by atoms with E-state index in [4.69, 9.17) is 5.11 Å². The molecule has 1 radical (unpaired) electrons. The Morgan fingerprint density at radius 3 is 2.82 bits per heavy atom. The van der Waals surface area contributed by atoms with E-state index in [0.29, 0.717) is 0 Å². The Labute approximate surface area is 65.5 Å². The molecule has 11 heavy (non-hydrogen) atoms. The summed E-state index contributed by atoms with van der Waals surface area (Å²) in [4.78, 5) is 10.2. The quantitative estimate of drug-likeness (QED) is 0.693. The van der Waals surface area contributed by atoms with Crippen molar-refractivity contribution < 1.29 is 9.90 Å². The third-order valence-electron chi connectivity index (χ3n) is 1.33. The molecule has 0 heterocycles. The zero-order valence-corrected chi connectivity index (χ0v) is 6.24. The average Bonchev–Trinajstić information content (AvgIpc) is 1.85. The Balaban J connectivity index is 2.79. The molecule has 0 aliphatic carbocycles. The van der Waals surface area contributed by atoms with Gasteiger partial charge in [0.2, 0.25) is 0 Å². The molecule has 0 aromatic heterocycles. The highest BCUT2D eigenvalue weighted by atomic mass is 16.4. The Morgan fingerprint density at radius 2 is 2.27 bits per heavy atom. The Morgan fingerprint density at radius 1 is 1.55 bits per heavy atom.